The fraction of sp³-hybridized carbons (Fsp3) is 0.290. The maximum absolute atomic E-state index is 14.0. The minimum Gasteiger partial charge on any atom is -0.439 e. The van der Waals surface area contributed by atoms with Crippen molar-refractivity contribution >= 4 is 41.3 Å². The standard InChI is InChI=1S/C31H29ClN4O6/c1-18-26(41-29(39)33-18)20-8-5-9-21(15-20)27(37)34-25(14-19-6-3-2-4-7-19)28(38)36-13-12-31(17-36)23-16-22(32)10-11-24(23)35-30(40)42-31/h2-11,15-16,18,25-26H,12-14,17H2,1H3,(H,33,39)(H,34,37)(H,35,40)/t18-,25-,26+,31?/m0/s1. The number of ether oxygens (including phenoxy) is 2. The Morgan fingerprint density at radius 3 is 2.64 bits per heavy atom. The van der Waals surface area contributed by atoms with E-state index in [4.69, 9.17) is 21.1 Å². The molecule has 0 radical (unpaired) electrons. The third-order valence-electron chi connectivity index (χ3n) is 7.94. The van der Waals surface area contributed by atoms with E-state index in [9.17, 15) is 19.2 Å². The summed E-state index contributed by atoms with van der Waals surface area (Å²) in [5.74, 6) is -0.726. The van der Waals surface area contributed by atoms with E-state index in [1.165, 1.54) is 0 Å². The number of carbonyl (C=O) groups is 4. The average molecular weight is 589 g/mol. The summed E-state index contributed by atoms with van der Waals surface area (Å²) in [5.41, 5.74) is 2.14. The molecular formula is C31H29ClN4O6. The van der Waals surface area contributed by atoms with Crippen LogP contribution < -0.4 is 16.0 Å². The molecule has 6 rings (SSSR count). The van der Waals surface area contributed by atoms with Crippen LogP contribution >= 0.6 is 11.6 Å². The molecule has 3 aromatic rings. The fourth-order valence-electron chi connectivity index (χ4n) is 5.88. The lowest BCUT2D eigenvalue weighted by atomic mass is 9.90. The van der Waals surface area contributed by atoms with Crippen LogP contribution in [-0.4, -0.2) is 54.1 Å². The number of alkyl carbamates (subject to hydrolysis) is 1. The zero-order valence-electron chi connectivity index (χ0n) is 22.8. The molecule has 0 bridgehead atoms. The number of amides is 4. The number of anilines is 1. The summed E-state index contributed by atoms with van der Waals surface area (Å²) in [5, 5.41) is 8.82. The van der Waals surface area contributed by atoms with Crippen molar-refractivity contribution in [2.75, 3.05) is 18.4 Å². The highest BCUT2D eigenvalue weighted by molar-refractivity contribution is 6.30. The summed E-state index contributed by atoms with van der Waals surface area (Å²) in [7, 11) is 0. The van der Waals surface area contributed by atoms with Crippen molar-refractivity contribution in [3.8, 4) is 0 Å². The van der Waals surface area contributed by atoms with E-state index in [1.807, 2.05) is 37.3 Å². The van der Waals surface area contributed by atoms with Crippen LogP contribution in [0.2, 0.25) is 5.02 Å². The molecule has 1 unspecified atom stereocenters. The summed E-state index contributed by atoms with van der Waals surface area (Å²) in [6.45, 7) is 2.28. The van der Waals surface area contributed by atoms with Gasteiger partial charge >= 0.3 is 12.2 Å². The van der Waals surface area contributed by atoms with Gasteiger partial charge in [-0.3, -0.25) is 14.9 Å². The normalized spacial score (nSPS) is 23.3. The second-order valence-corrected chi connectivity index (χ2v) is 11.2. The number of halogens is 1. The number of likely N-dealkylation sites (tertiary alicyclic amines) is 1. The van der Waals surface area contributed by atoms with Gasteiger partial charge in [0.05, 0.1) is 18.3 Å². The number of nitrogens with zero attached hydrogens (tertiary/aromatic N) is 1. The molecule has 1 spiro atoms. The van der Waals surface area contributed by atoms with Crippen LogP contribution in [0.3, 0.4) is 0 Å². The van der Waals surface area contributed by atoms with Crippen molar-refractivity contribution in [1.82, 2.24) is 15.5 Å². The molecule has 2 saturated heterocycles. The number of hydrogen-bond donors (Lipinski definition) is 3. The summed E-state index contributed by atoms with van der Waals surface area (Å²) >= 11 is 6.27. The molecule has 42 heavy (non-hydrogen) atoms. The Bertz CT molecular complexity index is 1570. The molecule has 0 aliphatic carbocycles. The lowest BCUT2D eigenvalue weighted by Gasteiger charge is -2.35. The molecule has 3 heterocycles. The van der Waals surface area contributed by atoms with E-state index < -0.39 is 35.8 Å². The zero-order valence-corrected chi connectivity index (χ0v) is 23.5. The highest BCUT2D eigenvalue weighted by atomic mass is 35.5. The Hall–Kier alpha value is -4.57. The van der Waals surface area contributed by atoms with Crippen LogP contribution in [0, 0.1) is 0 Å². The summed E-state index contributed by atoms with van der Waals surface area (Å²) < 4.78 is 11.2. The lowest BCUT2D eigenvalue weighted by Crippen LogP contribution is -2.50. The van der Waals surface area contributed by atoms with Gasteiger partial charge in [-0.2, -0.15) is 0 Å². The highest BCUT2D eigenvalue weighted by Crippen LogP contribution is 2.44. The summed E-state index contributed by atoms with van der Waals surface area (Å²) in [6.07, 6.45) is -0.981. The minimum atomic E-state index is -1.04. The van der Waals surface area contributed by atoms with Gasteiger partial charge in [0.2, 0.25) is 5.91 Å². The zero-order chi connectivity index (χ0) is 29.4. The van der Waals surface area contributed by atoms with Gasteiger partial charge in [-0.1, -0.05) is 54.1 Å². The molecule has 3 N–H and O–H groups in total. The second kappa shape index (κ2) is 11.0. The number of rotatable bonds is 6. The SMILES string of the molecule is C[C@@H]1NC(=O)O[C@H]1c1cccc(C(=O)N[C@@H](Cc2ccccc2)C(=O)N2CCC3(C2)OC(=O)Nc2ccc(Cl)cc23)c1. The smallest absolute Gasteiger partial charge is 0.412 e. The highest BCUT2D eigenvalue weighted by Gasteiger charge is 2.49. The van der Waals surface area contributed by atoms with Crippen LogP contribution in [0.25, 0.3) is 0 Å². The number of cyclic esters (lactones) is 1. The van der Waals surface area contributed by atoms with E-state index in [0.29, 0.717) is 40.4 Å². The lowest BCUT2D eigenvalue weighted by molar-refractivity contribution is -0.133. The maximum atomic E-state index is 14.0. The molecule has 10 nitrogen and oxygen atoms in total. The van der Waals surface area contributed by atoms with Gasteiger partial charge in [-0.25, -0.2) is 9.59 Å². The second-order valence-electron chi connectivity index (χ2n) is 10.8. The monoisotopic (exact) mass is 588 g/mol. The first kappa shape index (κ1) is 27.6. The molecular weight excluding hydrogens is 560 g/mol. The number of carbonyl (C=O) groups excluding carboxylic acids is 4. The van der Waals surface area contributed by atoms with Crippen molar-refractivity contribution < 1.29 is 28.7 Å². The van der Waals surface area contributed by atoms with Gasteiger partial charge in [0.25, 0.3) is 5.91 Å². The van der Waals surface area contributed by atoms with Crippen LogP contribution in [0.4, 0.5) is 15.3 Å². The summed E-state index contributed by atoms with van der Waals surface area (Å²) in [6, 6.07) is 20.3. The van der Waals surface area contributed by atoms with E-state index in [-0.39, 0.29) is 24.9 Å². The van der Waals surface area contributed by atoms with Gasteiger partial charge in [-0.15, -0.1) is 0 Å². The van der Waals surface area contributed by atoms with Gasteiger partial charge in [-0.05, 0) is 48.4 Å². The molecule has 0 aromatic heterocycles. The van der Waals surface area contributed by atoms with E-state index in [1.54, 1.807) is 47.4 Å². The number of nitrogens with one attached hydrogen (secondary N) is 3. The van der Waals surface area contributed by atoms with Crippen LogP contribution in [-0.2, 0) is 26.3 Å². The van der Waals surface area contributed by atoms with Gasteiger partial charge in [0.1, 0.15) is 12.1 Å². The Kier molecular flexibility index (Phi) is 7.24. The molecule has 3 aromatic carbocycles. The minimum absolute atomic E-state index is 0.126. The largest absolute Gasteiger partial charge is 0.439 e. The molecule has 3 aliphatic heterocycles. The van der Waals surface area contributed by atoms with E-state index >= 15 is 0 Å². The van der Waals surface area contributed by atoms with Crippen molar-refractivity contribution in [1.29, 1.82) is 0 Å². The third kappa shape index (κ3) is 5.37. The van der Waals surface area contributed by atoms with Gasteiger partial charge in [0.15, 0.2) is 5.60 Å². The molecule has 4 amide bonds. The molecule has 0 saturated carbocycles. The van der Waals surface area contributed by atoms with Crippen LogP contribution in [0.15, 0.2) is 72.8 Å². The molecule has 11 heteroatoms. The molecule has 4 atom stereocenters. The van der Waals surface area contributed by atoms with Crippen molar-refractivity contribution in [3.63, 3.8) is 0 Å². The number of hydrogen-bond acceptors (Lipinski definition) is 6. The van der Waals surface area contributed by atoms with Crippen molar-refractivity contribution in [3.05, 3.63) is 100 Å². The Labute approximate surface area is 247 Å². The van der Waals surface area contributed by atoms with Gasteiger partial charge in [0, 0.05) is 35.5 Å². The maximum Gasteiger partial charge on any atom is 0.412 e. The Balaban J connectivity index is 1.24. The predicted molar refractivity (Wildman–Crippen MR) is 154 cm³/mol. The van der Waals surface area contributed by atoms with Gasteiger partial charge < -0.3 is 25.0 Å². The Morgan fingerprint density at radius 1 is 1.07 bits per heavy atom. The topological polar surface area (TPSA) is 126 Å². The first-order valence-corrected chi connectivity index (χ1v) is 14.1. The molecule has 3 aliphatic rings. The first-order chi connectivity index (χ1) is 20.2. The van der Waals surface area contributed by atoms with Crippen LogP contribution in [0.5, 0.6) is 0 Å². The molecule has 2 fully saturated rings. The fourth-order valence-corrected chi connectivity index (χ4v) is 6.05. The van der Waals surface area contributed by atoms with Crippen molar-refractivity contribution in [2.45, 2.75) is 43.6 Å². The predicted octanol–water partition coefficient (Wildman–Crippen LogP) is 4.54. The van der Waals surface area contributed by atoms with E-state index in [0.717, 1.165) is 5.56 Å². The quantitative estimate of drug-likeness (QED) is 0.388. The number of fused-ring (bicyclic) bond motifs is 2. The van der Waals surface area contributed by atoms with Crippen LogP contribution in [0.1, 0.15) is 46.5 Å². The number of benzene rings is 3. The summed E-state index contributed by atoms with van der Waals surface area (Å²) in [4.78, 5) is 53.3. The average Bonchev–Trinajstić information content (AvgIpc) is 3.55. The first-order valence-electron chi connectivity index (χ1n) is 13.7. The Morgan fingerprint density at radius 2 is 1.88 bits per heavy atom. The van der Waals surface area contributed by atoms with E-state index in [2.05, 4.69) is 16.0 Å². The van der Waals surface area contributed by atoms with Crippen molar-refractivity contribution in [2.24, 2.45) is 0 Å². The third-order valence-corrected chi connectivity index (χ3v) is 8.17. The molecule has 216 valence electrons.